The quantitative estimate of drug-likeness (QED) is 0.447. The van der Waals surface area contributed by atoms with Gasteiger partial charge in [0, 0.05) is 12.6 Å². The Morgan fingerprint density at radius 2 is 1.48 bits per heavy atom. The van der Waals surface area contributed by atoms with E-state index in [-0.39, 0.29) is 11.5 Å². The molecule has 1 atom stereocenters. The summed E-state index contributed by atoms with van der Waals surface area (Å²) in [5, 5.41) is 0. The minimum Gasteiger partial charge on any atom is -0.304 e. The lowest BCUT2D eigenvalue weighted by atomic mass is 9.87. The molecule has 4 nitrogen and oxygen atoms in total. The van der Waals surface area contributed by atoms with Crippen LogP contribution in [0.4, 0.5) is 0 Å². The largest absolute Gasteiger partial charge is 0.304 e. The van der Waals surface area contributed by atoms with Crippen LogP contribution in [0.2, 0.25) is 0 Å². The molecule has 0 radical (unpaired) electrons. The highest BCUT2D eigenvalue weighted by atomic mass is 32.2. The van der Waals surface area contributed by atoms with Gasteiger partial charge in [0.2, 0.25) is 10.0 Å². The van der Waals surface area contributed by atoms with Crippen LogP contribution < -0.4 is 0 Å². The van der Waals surface area contributed by atoms with Gasteiger partial charge in [0.05, 0.1) is 4.90 Å². The van der Waals surface area contributed by atoms with Crippen LogP contribution in [-0.2, 0) is 22.0 Å². The molecule has 0 aliphatic rings. The number of sulfonamides is 1. The van der Waals surface area contributed by atoms with Crippen LogP contribution in [0.5, 0.6) is 0 Å². The summed E-state index contributed by atoms with van der Waals surface area (Å²) >= 11 is 0. The normalized spacial score (nSPS) is 13.7. The van der Waals surface area contributed by atoms with E-state index in [1.54, 1.807) is 28.6 Å². The van der Waals surface area contributed by atoms with E-state index < -0.39 is 10.0 Å². The minimum atomic E-state index is -3.58. The molecule has 2 aromatic rings. The Hall–Kier alpha value is -1.69. The highest BCUT2D eigenvalue weighted by molar-refractivity contribution is 7.89. The lowest BCUT2D eigenvalue weighted by molar-refractivity contribution is 0.265. The number of rotatable bonds is 11. The molecule has 0 fully saturated rings. The topological polar surface area (TPSA) is 40.6 Å². The highest BCUT2D eigenvalue weighted by Crippen LogP contribution is 2.26. The fourth-order valence-corrected chi connectivity index (χ4v) is 5.46. The van der Waals surface area contributed by atoms with E-state index in [9.17, 15) is 8.42 Å². The molecule has 2 rings (SSSR count). The van der Waals surface area contributed by atoms with Crippen molar-refractivity contribution in [2.75, 3.05) is 19.6 Å². The average molecular weight is 445 g/mol. The maximum absolute atomic E-state index is 13.5. The zero-order chi connectivity index (χ0) is 23.1. The summed E-state index contributed by atoms with van der Waals surface area (Å²) in [5.74, 6) is 0. The van der Waals surface area contributed by atoms with Crippen LogP contribution in [0.15, 0.2) is 59.5 Å². The van der Waals surface area contributed by atoms with E-state index in [0.29, 0.717) is 11.4 Å². The van der Waals surface area contributed by atoms with Crippen molar-refractivity contribution in [1.29, 1.82) is 0 Å². The Bertz CT molecular complexity index is 883. The molecule has 0 N–H and O–H groups in total. The van der Waals surface area contributed by atoms with Crippen molar-refractivity contribution in [1.82, 2.24) is 9.21 Å². The standard InChI is InChI=1S/C26H40N2O2S/c1-7-27(8-2)20-12-13-22(3)28(31(29,30)25-14-10-9-11-15-25)21-23-16-18-24(19-17-23)26(4,5)6/h9-11,14-19,22H,7-8,12-13,20-21H2,1-6H3. The Morgan fingerprint density at radius 1 is 0.903 bits per heavy atom. The lowest BCUT2D eigenvalue weighted by Gasteiger charge is -2.29. The molecular formula is C26H40N2O2S. The first-order valence-corrected chi connectivity index (χ1v) is 12.9. The molecule has 5 heteroatoms. The van der Waals surface area contributed by atoms with Gasteiger partial charge in [-0.05, 0) is 68.1 Å². The third-order valence-corrected chi connectivity index (χ3v) is 7.96. The van der Waals surface area contributed by atoms with Crippen molar-refractivity contribution in [3.63, 3.8) is 0 Å². The molecule has 0 spiro atoms. The summed E-state index contributed by atoms with van der Waals surface area (Å²) in [7, 11) is -3.58. The molecular weight excluding hydrogens is 404 g/mol. The van der Waals surface area contributed by atoms with E-state index in [4.69, 9.17) is 0 Å². The summed E-state index contributed by atoms with van der Waals surface area (Å²) in [6.07, 6.45) is 1.81. The summed E-state index contributed by atoms with van der Waals surface area (Å²) in [4.78, 5) is 2.74. The second kappa shape index (κ2) is 11.3. The molecule has 2 aromatic carbocycles. The molecule has 0 aromatic heterocycles. The van der Waals surface area contributed by atoms with Gasteiger partial charge in [0.15, 0.2) is 0 Å². The number of hydrogen-bond donors (Lipinski definition) is 0. The Morgan fingerprint density at radius 3 is 2.00 bits per heavy atom. The van der Waals surface area contributed by atoms with Crippen molar-refractivity contribution < 1.29 is 8.42 Å². The van der Waals surface area contributed by atoms with Gasteiger partial charge in [-0.15, -0.1) is 0 Å². The van der Waals surface area contributed by atoms with Gasteiger partial charge in [-0.1, -0.05) is 77.1 Å². The number of hydrogen-bond acceptors (Lipinski definition) is 3. The van der Waals surface area contributed by atoms with Crippen LogP contribution in [-0.4, -0.2) is 43.3 Å². The van der Waals surface area contributed by atoms with Crippen LogP contribution in [0.3, 0.4) is 0 Å². The van der Waals surface area contributed by atoms with Gasteiger partial charge in [0.25, 0.3) is 0 Å². The van der Waals surface area contributed by atoms with Crippen molar-refractivity contribution in [3.8, 4) is 0 Å². The summed E-state index contributed by atoms with van der Waals surface area (Å²) < 4.78 is 28.7. The van der Waals surface area contributed by atoms with Crippen LogP contribution in [0.1, 0.15) is 65.5 Å². The first-order chi connectivity index (χ1) is 14.6. The van der Waals surface area contributed by atoms with Crippen LogP contribution >= 0.6 is 0 Å². The molecule has 0 bridgehead atoms. The molecule has 172 valence electrons. The Labute approximate surface area is 190 Å². The first-order valence-electron chi connectivity index (χ1n) is 11.5. The van der Waals surface area contributed by atoms with E-state index in [0.717, 1.165) is 38.0 Å². The van der Waals surface area contributed by atoms with Gasteiger partial charge in [-0.3, -0.25) is 0 Å². The van der Waals surface area contributed by atoms with Crippen molar-refractivity contribution >= 4 is 10.0 Å². The first kappa shape index (κ1) is 25.6. The number of benzene rings is 2. The summed E-state index contributed by atoms with van der Waals surface area (Å²) in [6.45, 7) is 16.4. The molecule has 0 aliphatic carbocycles. The SMILES string of the molecule is CCN(CC)CCCC(C)N(Cc1ccc(C(C)(C)C)cc1)S(=O)(=O)c1ccccc1. The fourth-order valence-electron chi connectivity index (χ4n) is 3.79. The molecule has 0 aliphatic heterocycles. The van der Waals surface area contributed by atoms with Gasteiger partial charge in [-0.2, -0.15) is 4.31 Å². The monoisotopic (exact) mass is 444 g/mol. The Kier molecular flexibility index (Phi) is 9.28. The van der Waals surface area contributed by atoms with E-state index in [1.165, 1.54) is 5.56 Å². The van der Waals surface area contributed by atoms with Crippen LogP contribution in [0, 0.1) is 0 Å². The third kappa shape index (κ3) is 7.16. The van der Waals surface area contributed by atoms with Crippen molar-refractivity contribution in [2.24, 2.45) is 0 Å². The van der Waals surface area contributed by atoms with Gasteiger partial charge in [0.1, 0.15) is 0 Å². The summed E-state index contributed by atoms with van der Waals surface area (Å²) in [6, 6.07) is 17.1. The molecule has 31 heavy (non-hydrogen) atoms. The maximum atomic E-state index is 13.5. The molecule has 1 unspecified atom stereocenters. The number of nitrogens with zero attached hydrogens (tertiary/aromatic N) is 2. The fraction of sp³-hybridized carbons (Fsp3) is 0.538. The second-order valence-corrected chi connectivity index (χ2v) is 11.2. The van der Waals surface area contributed by atoms with Crippen LogP contribution in [0.25, 0.3) is 0 Å². The zero-order valence-electron chi connectivity index (χ0n) is 20.1. The van der Waals surface area contributed by atoms with Crippen molar-refractivity contribution in [2.45, 2.75) is 77.3 Å². The second-order valence-electron chi connectivity index (χ2n) is 9.33. The van der Waals surface area contributed by atoms with Gasteiger partial charge in [-0.25, -0.2) is 8.42 Å². The highest BCUT2D eigenvalue weighted by Gasteiger charge is 2.29. The van der Waals surface area contributed by atoms with E-state index in [1.807, 2.05) is 13.0 Å². The lowest BCUT2D eigenvalue weighted by Crippen LogP contribution is -2.38. The molecule has 0 amide bonds. The van der Waals surface area contributed by atoms with E-state index >= 15 is 0 Å². The average Bonchev–Trinajstić information content (AvgIpc) is 2.75. The van der Waals surface area contributed by atoms with E-state index in [2.05, 4.69) is 63.8 Å². The van der Waals surface area contributed by atoms with Crippen molar-refractivity contribution in [3.05, 3.63) is 65.7 Å². The smallest absolute Gasteiger partial charge is 0.243 e. The summed E-state index contributed by atoms with van der Waals surface area (Å²) in [5.41, 5.74) is 2.34. The third-order valence-electron chi connectivity index (χ3n) is 5.99. The zero-order valence-corrected chi connectivity index (χ0v) is 21.0. The maximum Gasteiger partial charge on any atom is 0.243 e. The predicted octanol–water partition coefficient (Wildman–Crippen LogP) is 5.69. The minimum absolute atomic E-state index is 0.0754. The van der Waals surface area contributed by atoms with Gasteiger partial charge >= 0.3 is 0 Å². The molecule has 0 saturated carbocycles. The molecule has 0 heterocycles. The predicted molar refractivity (Wildman–Crippen MR) is 131 cm³/mol. The Balaban J connectivity index is 2.25. The van der Waals surface area contributed by atoms with Gasteiger partial charge < -0.3 is 4.90 Å². The molecule has 0 saturated heterocycles.